The van der Waals surface area contributed by atoms with Gasteiger partial charge in [0.05, 0.1) is 6.61 Å². The molecular formula is C10H18O3. The number of hydrogen-bond acceptors (Lipinski definition) is 3. The molecule has 0 bridgehead atoms. The van der Waals surface area contributed by atoms with Gasteiger partial charge in [0, 0.05) is 13.5 Å². The largest absolute Gasteiger partial charge is 0.466 e. The van der Waals surface area contributed by atoms with E-state index in [1.165, 1.54) is 6.92 Å². The average Bonchev–Trinajstić information content (AvgIpc) is 2.15. The Bertz CT molecular complexity index is 168. The molecule has 1 rings (SSSR count). The summed E-state index contributed by atoms with van der Waals surface area (Å²) in [6.07, 6.45) is 4.40. The molecule has 0 amide bonds. The topological polar surface area (TPSA) is 46.5 Å². The van der Waals surface area contributed by atoms with Crippen LogP contribution in [0.3, 0.4) is 0 Å². The van der Waals surface area contributed by atoms with E-state index in [-0.39, 0.29) is 12.6 Å². The lowest BCUT2D eigenvalue weighted by atomic mass is 9.82. The molecule has 0 radical (unpaired) electrons. The fourth-order valence-electron chi connectivity index (χ4n) is 1.95. The van der Waals surface area contributed by atoms with Gasteiger partial charge in [-0.3, -0.25) is 4.79 Å². The summed E-state index contributed by atoms with van der Waals surface area (Å²) >= 11 is 0. The lowest BCUT2D eigenvalue weighted by molar-refractivity contribution is -0.142. The second-order valence-electron chi connectivity index (χ2n) is 3.88. The number of aliphatic hydroxyl groups excluding tert-OH is 1. The monoisotopic (exact) mass is 186 g/mol. The highest BCUT2D eigenvalue weighted by molar-refractivity contribution is 5.65. The van der Waals surface area contributed by atoms with Gasteiger partial charge >= 0.3 is 5.97 Å². The Kier molecular flexibility index (Phi) is 4.22. The van der Waals surface area contributed by atoms with Crippen molar-refractivity contribution in [2.45, 2.75) is 32.6 Å². The van der Waals surface area contributed by atoms with Crippen LogP contribution in [0.15, 0.2) is 0 Å². The summed E-state index contributed by atoms with van der Waals surface area (Å²) in [5.74, 6) is 0.690. The van der Waals surface area contributed by atoms with Gasteiger partial charge in [-0.25, -0.2) is 0 Å². The van der Waals surface area contributed by atoms with Crippen molar-refractivity contribution in [3.8, 4) is 0 Å². The van der Waals surface area contributed by atoms with Crippen molar-refractivity contribution in [1.29, 1.82) is 0 Å². The van der Waals surface area contributed by atoms with Crippen LogP contribution in [0, 0.1) is 11.8 Å². The van der Waals surface area contributed by atoms with Crippen LogP contribution in [0.2, 0.25) is 0 Å². The minimum Gasteiger partial charge on any atom is -0.466 e. The Morgan fingerprint density at radius 1 is 1.46 bits per heavy atom. The van der Waals surface area contributed by atoms with Gasteiger partial charge in [-0.1, -0.05) is 6.42 Å². The van der Waals surface area contributed by atoms with Crippen LogP contribution in [0.25, 0.3) is 0 Å². The zero-order chi connectivity index (χ0) is 9.68. The Morgan fingerprint density at radius 3 is 2.77 bits per heavy atom. The second kappa shape index (κ2) is 5.22. The molecule has 13 heavy (non-hydrogen) atoms. The van der Waals surface area contributed by atoms with E-state index in [4.69, 9.17) is 9.84 Å². The van der Waals surface area contributed by atoms with Crippen LogP contribution in [0.1, 0.15) is 32.6 Å². The predicted molar refractivity (Wildman–Crippen MR) is 49.2 cm³/mol. The van der Waals surface area contributed by atoms with Gasteiger partial charge in [0.1, 0.15) is 0 Å². The van der Waals surface area contributed by atoms with E-state index in [1.807, 2.05) is 0 Å². The number of ether oxygens (including phenoxy) is 1. The van der Waals surface area contributed by atoms with Crippen LogP contribution in [0.5, 0.6) is 0 Å². The van der Waals surface area contributed by atoms with Gasteiger partial charge in [-0.2, -0.15) is 0 Å². The molecule has 1 aliphatic carbocycles. The van der Waals surface area contributed by atoms with Crippen molar-refractivity contribution in [2.24, 2.45) is 11.8 Å². The third-order valence-electron chi connectivity index (χ3n) is 2.67. The molecule has 1 saturated carbocycles. The zero-order valence-corrected chi connectivity index (χ0v) is 8.16. The van der Waals surface area contributed by atoms with Crippen LogP contribution in [-0.2, 0) is 9.53 Å². The van der Waals surface area contributed by atoms with Crippen molar-refractivity contribution >= 4 is 5.97 Å². The van der Waals surface area contributed by atoms with Gasteiger partial charge < -0.3 is 9.84 Å². The number of rotatable bonds is 3. The number of carbonyl (C=O) groups excluding carboxylic acids is 1. The van der Waals surface area contributed by atoms with Gasteiger partial charge in [0.25, 0.3) is 0 Å². The molecule has 1 aliphatic rings. The number of hydrogen-bond donors (Lipinski definition) is 1. The third-order valence-corrected chi connectivity index (χ3v) is 2.67. The Morgan fingerprint density at radius 2 is 2.15 bits per heavy atom. The normalized spacial score (nSPS) is 28.5. The summed E-state index contributed by atoms with van der Waals surface area (Å²) in [7, 11) is 0. The van der Waals surface area contributed by atoms with Gasteiger partial charge in [-0.15, -0.1) is 0 Å². The van der Waals surface area contributed by atoms with E-state index < -0.39 is 0 Å². The van der Waals surface area contributed by atoms with Crippen molar-refractivity contribution in [2.75, 3.05) is 13.2 Å². The van der Waals surface area contributed by atoms with E-state index in [1.54, 1.807) is 0 Å². The first-order valence-electron chi connectivity index (χ1n) is 4.96. The first-order chi connectivity index (χ1) is 6.22. The third kappa shape index (κ3) is 3.77. The molecule has 0 aromatic heterocycles. The summed E-state index contributed by atoms with van der Waals surface area (Å²) in [6.45, 7) is 2.24. The van der Waals surface area contributed by atoms with Gasteiger partial charge in [0.2, 0.25) is 0 Å². The quantitative estimate of drug-likeness (QED) is 0.677. The van der Waals surface area contributed by atoms with Crippen molar-refractivity contribution in [3.63, 3.8) is 0 Å². The van der Waals surface area contributed by atoms with Crippen molar-refractivity contribution in [3.05, 3.63) is 0 Å². The van der Waals surface area contributed by atoms with E-state index >= 15 is 0 Å². The molecule has 2 unspecified atom stereocenters. The standard InChI is InChI=1S/C10H18O3/c1-8(12)13-7-10-4-2-3-9(5-10)6-11/h9-11H,2-7H2,1H3. The SMILES string of the molecule is CC(=O)OCC1CCCC(CO)C1. The molecule has 0 aliphatic heterocycles. The molecule has 0 aromatic rings. The maximum absolute atomic E-state index is 10.6. The molecule has 2 atom stereocenters. The number of carbonyl (C=O) groups is 1. The van der Waals surface area contributed by atoms with Crippen LogP contribution < -0.4 is 0 Å². The van der Waals surface area contributed by atoms with Crippen LogP contribution in [0.4, 0.5) is 0 Å². The van der Waals surface area contributed by atoms with E-state index in [9.17, 15) is 4.79 Å². The number of esters is 1. The minimum absolute atomic E-state index is 0.203. The van der Waals surface area contributed by atoms with Crippen LogP contribution in [-0.4, -0.2) is 24.3 Å². The molecule has 1 fully saturated rings. The molecule has 0 spiro atoms. The smallest absolute Gasteiger partial charge is 0.302 e. The van der Waals surface area contributed by atoms with Crippen molar-refractivity contribution < 1.29 is 14.6 Å². The fraction of sp³-hybridized carbons (Fsp3) is 0.900. The molecule has 0 aromatic carbocycles. The molecule has 3 nitrogen and oxygen atoms in total. The highest BCUT2D eigenvalue weighted by Gasteiger charge is 2.21. The van der Waals surface area contributed by atoms with Gasteiger partial charge in [-0.05, 0) is 31.1 Å². The molecule has 1 N–H and O–H groups in total. The Hall–Kier alpha value is -0.570. The highest BCUT2D eigenvalue weighted by atomic mass is 16.5. The number of aliphatic hydroxyl groups is 1. The van der Waals surface area contributed by atoms with E-state index in [0.29, 0.717) is 18.4 Å². The Labute approximate surface area is 79.1 Å². The van der Waals surface area contributed by atoms with E-state index in [0.717, 1.165) is 25.7 Å². The first kappa shape index (κ1) is 10.5. The summed E-state index contributed by atoms with van der Waals surface area (Å²) in [5, 5.41) is 8.98. The zero-order valence-electron chi connectivity index (χ0n) is 8.16. The summed E-state index contributed by atoms with van der Waals surface area (Å²) in [5.41, 5.74) is 0. The lowest BCUT2D eigenvalue weighted by Crippen LogP contribution is -2.22. The highest BCUT2D eigenvalue weighted by Crippen LogP contribution is 2.28. The first-order valence-corrected chi connectivity index (χ1v) is 4.96. The Balaban J connectivity index is 2.21. The predicted octanol–water partition coefficient (Wildman–Crippen LogP) is 1.35. The molecule has 76 valence electrons. The van der Waals surface area contributed by atoms with Gasteiger partial charge in [0.15, 0.2) is 0 Å². The molecule has 3 heteroatoms. The van der Waals surface area contributed by atoms with E-state index in [2.05, 4.69) is 0 Å². The fourth-order valence-corrected chi connectivity index (χ4v) is 1.95. The van der Waals surface area contributed by atoms with Crippen molar-refractivity contribution in [1.82, 2.24) is 0 Å². The summed E-state index contributed by atoms with van der Waals surface area (Å²) < 4.78 is 4.95. The minimum atomic E-state index is -0.203. The summed E-state index contributed by atoms with van der Waals surface area (Å²) in [4.78, 5) is 10.6. The maximum atomic E-state index is 10.6. The molecule has 0 heterocycles. The molecule has 0 saturated heterocycles. The maximum Gasteiger partial charge on any atom is 0.302 e. The summed E-state index contributed by atoms with van der Waals surface area (Å²) in [6, 6.07) is 0. The van der Waals surface area contributed by atoms with Crippen LogP contribution >= 0.6 is 0 Å². The average molecular weight is 186 g/mol. The second-order valence-corrected chi connectivity index (χ2v) is 3.88. The molecular weight excluding hydrogens is 168 g/mol. The lowest BCUT2D eigenvalue weighted by Gasteiger charge is -2.27.